The van der Waals surface area contributed by atoms with Crippen molar-refractivity contribution < 1.29 is 14.3 Å². The van der Waals surface area contributed by atoms with Gasteiger partial charge in [0, 0.05) is 29.0 Å². The zero-order valence-electron chi connectivity index (χ0n) is 14.1. The van der Waals surface area contributed by atoms with Gasteiger partial charge in [-0.1, -0.05) is 30.3 Å². The van der Waals surface area contributed by atoms with Gasteiger partial charge in [-0.3, -0.25) is 0 Å². The Morgan fingerprint density at radius 3 is 2.76 bits per heavy atom. The fraction of sp³-hybridized carbons (Fsp3) is 0.200. The Morgan fingerprint density at radius 2 is 1.96 bits per heavy atom. The third-order valence-electron chi connectivity index (χ3n) is 4.39. The molecule has 0 aliphatic heterocycles. The molecule has 126 valence electrons. The van der Waals surface area contributed by atoms with Gasteiger partial charge in [0.15, 0.2) is 5.69 Å². The first kappa shape index (κ1) is 15.6. The molecule has 0 bridgehead atoms. The van der Waals surface area contributed by atoms with Gasteiger partial charge in [0.1, 0.15) is 0 Å². The summed E-state index contributed by atoms with van der Waals surface area (Å²) in [6.45, 7) is 2.38. The molecular formula is C20H18N2O3. The lowest BCUT2D eigenvalue weighted by atomic mass is 10.0. The molecule has 2 heterocycles. The largest absolute Gasteiger partial charge is 0.461 e. The molecule has 25 heavy (non-hydrogen) atoms. The average molecular weight is 334 g/mol. The molecule has 0 saturated carbocycles. The third-order valence-corrected chi connectivity index (χ3v) is 4.39. The lowest BCUT2D eigenvalue weighted by Crippen LogP contribution is -2.11. The van der Waals surface area contributed by atoms with Crippen molar-refractivity contribution in [2.24, 2.45) is 0 Å². The number of H-pyrrole nitrogens is 1. The molecular weight excluding hydrogens is 316 g/mol. The maximum absolute atomic E-state index is 12.4. The Bertz CT molecular complexity index is 1100. The molecule has 0 unspecified atom stereocenters. The predicted molar refractivity (Wildman–Crippen MR) is 97.8 cm³/mol. The van der Waals surface area contributed by atoms with Crippen LogP contribution in [0.1, 0.15) is 23.0 Å². The molecule has 0 amide bonds. The van der Waals surface area contributed by atoms with Gasteiger partial charge in [-0.15, -0.1) is 0 Å². The van der Waals surface area contributed by atoms with E-state index in [0.29, 0.717) is 12.3 Å². The number of rotatable bonds is 4. The number of fused-ring (bicyclic) bond motifs is 5. The summed E-state index contributed by atoms with van der Waals surface area (Å²) in [7, 11) is 1.61. The topological polar surface area (TPSA) is 64.2 Å². The molecule has 0 fully saturated rings. The fourth-order valence-electron chi connectivity index (χ4n) is 3.38. The molecule has 1 N–H and O–H groups in total. The van der Waals surface area contributed by atoms with Crippen LogP contribution in [0.3, 0.4) is 0 Å². The average Bonchev–Trinajstić information content (AvgIpc) is 3.01. The maximum atomic E-state index is 12.4. The predicted octanol–water partition coefficient (Wildman–Crippen LogP) is 4.19. The quantitative estimate of drug-likeness (QED) is 0.568. The van der Waals surface area contributed by atoms with Crippen molar-refractivity contribution in [3.63, 3.8) is 0 Å². The molecule has 2 aromatic carbocycles. The van der Waals surface area contributed by atoms with Crippen LogP contribution in [0.4, 0.5) is 0 Å². The second-order valence-corrected chi connectivity index (χ2v) is 5.86. The third kappa shape index (κ3) is 2.44. The van der Waals surface area contributed by atoms with E-state index >= 15 is 0 Å². The van der Waals surface area contributed by atoms with Crippen LogP contribution in [0.25, 0.3) is 32.6 Å². The van der Waals surface area contributed by atoms with Gasteiger partial charge in [-0.05, 0) is 23.8 Å². The molecule has 0 radical (unpaired) electrons. The summed E-state index contributed by atoms with van der Waals surface area (Å²) in [5.41, 5.74) is 2.95. The first-order chi connectivity index (χ1) is 12.2. The highest BCUT2D eigenvalue weighted by Crippen LogP contribution is 2.35. The zero-order chi connectivity index (χ0) is 17.4. The Kier molecular flexibility index (Phi) is 3.86. The number of methoxy groups -OCH3 is 1. The van der Waals surface area contributed by atoms with Crippen LogP contribution >= 0.6 is 0 Å². The van der Waals surface area contributed by atoms with Gasteiger partial charge in [0.2, 0.25) is 0 Å². The Balaban J connectivity index is 2.14. The van der Waals surface area contributed by atoms with E-state index in [2.05, 4.69) is 34.2 Å². The number of carbonyl (C=O) groups is 1. The van der Waals surface area contributed by atoms with Gasteiger partial charge < -0.3 is 14.5 Å². The monoisotopic (exact) mass is 334 g/mol. The van der Waals surface area contributed by atoms with Crippen LogP contribution in [-0.4, -0.2) is 29.7 Å². The number of carbonyl (C=O) groups excluding carboxylic acids is 1. The summed E-state index contributed by atoms with van der Waals surface area (Å²) in [5.74, 6) is -0.425. The van der Waals surface area contributed by atoms with E-state index in [1.165, 1.54) is 0 Å². The number of hydrogen-bond donors (Lipinski definition) is 1. The molecule has 5 nitrogen and oxygen atoms in total. The molecule has 0 atom stereocenters. The van der Waals surface area contributed by atoms with E-state index in [9.17, 15) is 4.79 Å². The number of pyridine rings is 1. The van der Waals surface area contributed by atoms with Gasteiger partial charge >= 0.3 is 5.97 Å². The Labute approximate surface area is 144 Å². The van der Waals surface area contributed by atoms with Crippen LogP contribution in [0.2, 0.25) is 0 Å². The van der Waals surface area contributed by atoms with Gasteiger partial charge in [-0.2, -0.15) is 0 Å². The van der Waals surface area contributed by atoms with Crippen molar-refractivity contribution in [3.8, 4) is 0 Å². The lowest BCUT2D eigenvalue weighted by Gasteiger charge is -2.10. The number of hydrogen-bond acceptors (Lipinski definition) is 4. The van der Waals surface area contributed by atoms with E-state index in [-0.39, 0.29) is 6.61 Å². The molecule has 0 spiro atoms. The number of nitrogens with one attached hydrogen (secondary N) is 1. The highest BCUT2D eigenvalue weighted by Gasteiger charge is 2.21. The summed E-state index contributed by atoms with van der Waals surface area (Å²) >= 11 is 0. The summed E-state index contributed by atoms with van der Waals surface area (Å²) in [4.78, 5) is 20.1. The van der Waals surface area contributed by atoms with Crippen molar-refractivity contribution in [2.45, 2.75) is 13.5 Å². The molecule has 2 aromatic heterocycles. The minimum Gasteiger partial charge on any atom is -0.461 e. The van der Waals surface area contributed by atoms with Crippen molar-refractivity contribution in [3.05, 3.63) is 53.9 Å². The minimum absolute atomic E-state index is 0.286. The van der Waals surface area contributed by atoms with Crippen LogP contribution in [-0.2, 0) is 16.1 Å². The van der Waals surface area contributed by atoms with Crippen LogP contribution in [0.5, 0.6) is 0 Å². The number of benzene rings is 2. The van der Waals surface area contributed by atoms with Crippen LogP contribution < -0.4 is 0 Å². The van der Waals surface area contributed by atoms with E-state index in [1.807, 2.05) is 12.1 Å². The first-order valence-electron chi connectivity index (χ1n) is 8.21. The molecule has 0 aliphatic carbocycles. The lowest BCUT2D eigenvalue weighted by molar-refractivity contribution is 0.0514. The van der Waals surface area contributed by atoms with Crippen molar-refractivity contribution >= 4 is 38.5 Å². The fourth-order valence-corrected chi connectivity index (χ4v) is 3.38. The van der Waals surface area contributed by atoms with E-state index < -0.39 is 5.97 Å². The standard InChI is InChI=1S/C20H18N2O3/c1-3-25-20(23)19-14(11-24-2)18-16(10-21-19)22-15-9-8-12-6-4-5-7-13(12)17(15)18/h4-10,22H,3,11H2,1-2H3. The molecule has 4 aromatic rings. The summed E-state index contributed by atoms with van der Waals surface area (Å²) in [6, 6.07) is 12.3. The summed E-state index contributed by atoms with van der Waals surface area (Å²) in [5, 5.41) is 4.32. The summed E-state index contributed by atoms with van der Waals surface area (Å²) in [6.07, 6.45) is 1.69. The van der Waals surface area contributed by atoms with Crippen molar-refractivity contribution in [2.75, 3.05) is 13.7 Å². The second kappa shape index (κ2) is 6.18. The van der Waals surface area contributed by atoms with E-state index in [4.69, 9.17) is 9.47 Å². The number of ether oxygens (including phenoxy) is 2. The molecule has 5 heteroatoms. The van der Waals surface area contributed by atoms with E-state index in [0.717, 1.165) is 38.1 Å². The number of nitrogens with zero attached hydrogens (tertiary/aromatic N) is 1. The van der Waals surface area contributed by atoms with Gasteiger partial charge in [-0.25, -0.2) is 9.78 Å². The minimum atomic E-state index is -0.425. The summed E-state index contributed by atoms with van der Waals surface area (Å²) < 4.78 is 10.5. The van der Waals surface area contributed by atoms with Crippen LogP contribution in [0, 0.1) is 0 Å². The van der Waals surface area contributed by atoms with Crippen molar-refractivity contribution in [1.29, 1.82) is 0 Å². The maximum Gasteiger partial charge on any atom is 0.357 e. The van der Waals surface area contributed by atoms with E-state index in [1.54, 1.807) is 20.2 Å². The van der Waals surface area contributed by atoms with Crippen LogP contribution in [0.15, 0.2) is 42.6 Å². The van der Waals surface area contributed by atoms with Crippen molar-refractivity contribution in [1.82, 2.24) is 9.97 Å². The number of esters is 1. The SMILES string of the molecule is CCOC(=O)c1ncc2[nH]c3ccc4ccccc4c3c2c1COC. The first-order valence-corrected chi connectivity index (χ1v) is 8.21. The van der Waals surface area contributed by atoms with Gasteiger partial charge in [0.25, 0.3) is 0 Å². The second-order valence-electron chi connectivity index (χ2n) is 5.86. The molecule has 0 saturated heterocycles. The molecule has 4 rings (SSSR count). The molecule has 0 aliphatic rings. The Hall–Kier alpha value is -2.92. The zero-order valence-corrected chi connectivity index (χ0v) is 14.1. The smallest absolute Gasteiger partial charge is 0.357 e. The highest BCUT2D eigenvalue weighted by molar-refractivity contribution is 6.21. The number of aromatic amines is 1. The Morgan fingerprint density at radius 1 is 1.12 bits per heavy atom. The highest BCUT2D eigenvalue weighted by atomic mass is 16.5. The number of aromatic nitrogens is 2. The van der Waals surface area contributed by atoms with Gasteiger partial charge in [0.05, 0.1) is 24.9 Å². The normalized spacial score (nSPS) is 11.4.